The van der Waals surface area contributed by atoms with Crippen LogP contribution in [0.3, 0.4) is 0 Å². The first-order valence-corrected chi connectivity index (χ1v) is 13.4. The fraction of sp³-hybridized carbons (Fsp3) is 0.290. The summed E-state index contributed by atoms with van der Waals surface area (Å²) in [5, 5.41) is 14.1. The van der Waals surface area contributed by atoms with Gasteiger partial charge in [0.2, 0.25) is 0 Å². The molecule has 2 unspecified atom stereocenters. The number of allylic oxidation sites excluding steroid dienone is 2. The Hall–Kier alpha value is -4.55. The molecule has 1 aromatic heterocycles. The van der Waals surface area contributed by atoms with Crippen LogP contribution in [0.5, 0.6) is 17.2 Å². The van der Waals surface area contributed by atoms with Crippen molar-refractivity contribution in [2.75, 3.05) is 32.1 Å². The molecule has 2 heterocycles. The van der Waals surface area contributed by atoms with Gasteiger partial charge in [0, 0.05) is 36.8 Å². The van der Waals surface area contributed by atoms with Gasteiger partial charge in [0.1, 0.15) is 18.4 Å². The quantitative estimate of drug-likeness (QED) is 0.214. The van der Waals surface area contributed by atoms with Gasteiger partial charge >= 0.3 is 6.09 Å². The van der Waals surface area contributed by atoms with Gasteiger partial charge in [0.05, 0.1) is 40.3 Å². The summed E-state index contributed by atoms with van der Waals surface area (Å²) in [7, 11) is 1.49. The van der Waals surface area contributed by atoms with Gasteiger partial charge in [-0.1, -0.05) is 38.1 Å². The lowest BCUT2D eigenvalue weighted by Gasteiger charge is -2.18. The van der Waals surface area contributed by atoms with E-state index in [1.165, 1.54) is 13.3 Å². The van der Waals surface area contributed by atoms with E-state index < -0.39 is 6.09 Å². The van der Waals surface area contributed by atoms with Gasteiger partial charge in [0.25, 0.3) is 0 Å². The SMILES string of the molecule is C=C/C(C)=C(/COc1ccc(Nc2c(C#N)cnc3cc(OC(=O)N4CC(C)C(C)C4)c(OC)cc23)c(Cl)c1)N=C. The maximum absolute atomic E-state index is 12.9. The Balaban J connectivity index is 1.62. The summed E-state index contributed by atoms with van der Waals surface area (Å²) in [6.07, 6.45) is 2.71. The van der Waals surface area contributed by atoms with Crippen molar-refractivity contribution in [1.82, 2.24) is 9.88 Å². The summed E-state index contributed by atoms with van der Waals surface area (Å²) in [6.45, 7) is 14.9. The number of nitrogens with zero attached hydrogens (tertiary/aromatic N) is 4. The number of hydrogen-bond donors (Lipinski definition) is 1. The van der Waals surface area contributed by atoms with Crippen molar-refractivity contribution in [3.05, 3.63) is 71.0 Å². The fourth-order valence-corrected chi connectivity index (χ4v) is 4.69. The number of amides is 1. The zero-order chi connectivity index (χ0) is 29.7. The lowest BCUT2D eigenvalue weighted by molar-refractivity contribution is 0.159. The normalized spacial score (nSPS) is 16.9. The number of anilines is 2. The number of carbonyl (C=O) groups excluding carboxylic acids is 1. The fourth-order valence-electron chi connectivity index (χ4n) is 4.47. The minimum absolute atomic E-state index is 0.209. The first-order chi connectivity index (χ1) is 19.7. The van der Waals surface area contributed by atoms with Gasteiger partial charge in [-0.05, 0) is 49.2 Å². The number of likely N-dealkylation sites (tertiary alicyclic amines) is 1. The number of aromatic nitrogens is 1. The van der Waals surface area contributed by atoms with Crippen molar-refractivity contribution >= 4 is 46.7 Å². The molecular weight excluding hydrogens is 542 g/mol. The van der Waals surface area contributed by atoms with Crippen LogP contribution in [0.4, 0.5) is 16.2 Å². The molecule has 0 saturated carbocycles. The van der Waals surface area contributed by atoms with Crippen LogP contribution >= 0.6 is 11.6 Å². The Morgan fingerprint density at radius 2 is 2.00 bits per heavy atom. The van der Waals surface area contributed by atoms with Crippen LogP contribution in [0, 0.1) is 23.2 Å². The molecule has 1 amide bonds. The average molecular weight is 574 g/mol. The third kappa shape index (κ3) is 6.44. The molecule has 41 heavy (non-hydrogen) atoms. The van der Waals surface area contributed by atoms with Crippen LogP contribution in [0.15, 0.2) is 65.4 Å². The second-order valence-corrected chi connectivity index (χ2v) is 10.4. The standard InChI is InChI=1S/C31H32ClN5O4/c1-7-18(2)27(34-5)17-40-22-8-9-25(24(32)10-22)36-30-21(13-33)14-35-26-12-29(28(39-6)11-23(26)30)41-31(38)37-15-19(3)20(4)16-37/h7-12,14,19-20H,1,5,15-17H2,2-4,6H3,(H,35,36)/b27-18-. The lowest BCUT2D eigenvalue weighted by Crippen LogP contribution is -2.31. The Morgan fingerprint density at radius 3 is 2.61 bits per heavy atom. The van der Waals surface area contributed by atoms with Crippen molar-refractivity contribution in [3.63, 3.8) is 0 Å². The van der Waals surface area contributed by atoms with E-state index in [9.17, 15) is 10.1 Å². The minimum atomic E-state index is -0.439. The van der Waals surface area contributed by atoms with Gasteiger partial charge in [-0.15, -0.1) is 0 Å². The first kappa shape index (κ1) is 29.4. The molecule has 212 valence electrons. The molecule has 2 aromatic carbocycles. The highest BCUT2D eigenvalue weighted by Gasteiger charge is 2.31. The third-order valence-electron chi connectivity index (χ3n) is 7.25. The molecule has 1 saturated heterocycles. The van der Waals surface area contributed by atoms with E-state index in [0.29, 0.717) is 75.0 Å². The number of rotatable bonds is 9. The van der Waals surface area contributed by atoms with E-state index in [-0.39, 0.29) is 12.4 Å². The Bertz CT molecular complexity index is 1570. The molecule has 0 bridgehead atoms. The highest BCUT2D eigenvalue weighted by Crippen LogP contribution is 2.39. The number of pyridine rings is 1. The summed E-state index contributed by atoms with van der Waals surface area (Å²) < 4.78 is 17.1. The number of carbonyl (C=O) groups is 1. The Labute approximate surface area is 244 Å². The average Bonchev–Trinajstić information content (AvgIpc) is 3.31. The van der Waals surface area contributed by atoms with Gasteiger partial charge in [0.15, 0.2) is 11.5 Å². The molecule has 10 heteroatoms. The molecule has 1 fully saturated rings. The van der Waals surface area contributed by atoms with Crippen molar-refractivity contribution in [1.29, 1.82) is 5.26 Å². The predicted octanol–water partition coefficient (Wildman–Crippen LogP) is 7.14. The predicted molar refractivity (Wildman–Crippen MR) is 162 cm³/mol. The van der Waals surface area contributed by atoms with Gasteiger partial charge in [-0.25, -0.2) is 4.79 Å². The smallest absolute Gasteiger partial charge is 0.415 e. The Kier molecular flexibility index (Phi) is 9.15. The van der Waals surface area contributed by atoms with Crippen LogP contribution in [-0.4, -0.2) is 49.5 Å². The summed E-state index contributed by atoms with van der Waals surface area (Å²) in [4.78, 5) is 23.0. The van der Waals surface area contributed by atoms with E-state index in [0.717, 1.165) is 5.57 Å². The van der Waals surface area contributed by atoms with Gasteiger partial charge in [-0.2, -0.15) is 5.26 Å². The summed E-state index contributed by atoms with van der Waals surface area (Å²) in [5.74, 6) is 1.90. The van der Waals surface area contributed by atoms with Crippen molar-refractivity contribution in [2.45, 2.75) is 20.8 Å². The van der Waals surface area contributed by atoms with Gasteiger partial charge in [-0.3, -0.25) is 9.98 Å². The number of halogens is 1. The molecule has 0 aliphatic carbocycles. The van der Waals surface area contributed by atoms with Crippen LogP contribution in [-0.2, 0) is 0 Å². The van der Waals surface area contributed by atoms with E-state index in [1.54, 1.807) is 41.3 Å². The maximum atomic E-state index is 12.9. The number of methoxy groups -OCH3 is 1. The maximum Gasteiger partial charge on any atom is 0.415 e. The molecule has 0 radical (unpaired) electrons. The highest BCUT2D eigenvalue weighted by molar-refractivity contribution is 6.33. The molecule has 9 nitrogen and oxygen atoms in total. The monoisotopic (exact) mass is 573 g/mol. The molecule has 1 aliphatic heterocycles. The second-order valence-electron chi connectivity index (χ2n) is 9.95. The molecule has 1 aliphatic rings. The van der Waals surface area contributed by atoms with Crippen LogP contribution < -0.4 is 19.5 Å². The largest absolute Gasteiger partial charge is 0.493 e. The van der Waals surface area contributed by atoms with E-state index in [1.807, 2.05) is 6.92 Å². The topological polar surface area (TPSA) is 109 Å². The number of benzene rings is 2. The van der Waals surface area contributed by atoms with E-state index in [4.69, 9.17) is 25.8 Å². The third-order valence-corrected chi connectivity index (χ3v) is 7.56. The molecule has 3 aromatic rings. The van der Waals surface area contributed by atoms with Gasteiger partial charge < -0.3 is 24.4 Å². The number of fused-ring (bicyclic) bond motifs is 1. The zero-order valence-electron chi connectivity index (χ0n) is 23.5. The van der Waals surface area contributed by atoms with Crippen molar-refractivity contribution in [2.24, 2.45) is 16.8 Å². The lowest BCUT2D eigenvalue weighted by atomic mass is 10.0. The van der Waals surface area contributed by atoms with E-state index in [2.05, 4.69) is 48.5 Å². The first-order valence-electron chi connectivity index (χ1n) is 13.0. The minimum Gasteiger partial charge on any atom is -0.493 e. The highest BCUT2D eigenvalue weighted by atomic mass is 35.5. The van der Waals surface area contributed by atoms with Crippen molar-refractivity contribution in [3.8, 4) is 23.3 Å². The molecule has 0 spiro atoms. The Morgan fingerprint density at radius 1 is 1.27 bits per heavy atom. The molecule has 1 N–H and O–H groups in total. The molecular formula is C31H32ClN5O4. The zero-order valence-corrected chi connectivity index (χ0v) is 24.3. The summed E-state index contributed by atoms with van der Waals surface area (Å²) >= 11 is 6.60. The number of hydrogen-bond acceptors (Lipinski definition) is 8. The molecule has 4 rings (SSSR count). The second kappa shape index (κ2) is 12.7. The number of nitriles is 1. The van der Waals surface area contributed by atoms with Crippen LogP contribution in [0.1, 0.15) is 26.3 Å². The number of aliphatic imine (C=N–C) groups is 1. The number of nitrogens with one attached hydrogen (secondary N) is 1. The van der Waals surface area contributed by atoms with Crippen LogP contribution in [0.2, 0.25) is 5.02 Å². The van der Waals surface area contributed by atoms with Crippen molar-refractivity contribution < 1.29 is 19.0 Å². The summed E-state index contributed by atoms with van der Waals surface area (Å²) in [6, 6.07) is 10.7. The van der Waals surface area contributed by atoms with E-state index >= 15 is 0 Å². The molecule has 2 atom stereocenters. The summed E-state index contributed by atoms with van der Waals surface area (Å²) in [5.41, 5.74) is 3.37. The number of ether oxygens (including phenoxy) is 3. The van der Waals surface area contributed by atoms with Crippen LogP contribution in [0.25, 0.3) is 10.9 Å².